The molecule has 0 saturated heterocycles. The van der Waals surface area contributed by atoms with E-state index in [0.29, 0.717) is 37.5 Å². The summed E-state index contributed by atoms with van der Waals surface area (Å²) >= 11 is 0. The van der Waals surface area contributed by atoms with Crippen LogP contribution in [-0.4, -0.2) is 55.5 Å². The van der Waals surface area contributed by atoms with E-state index in [4.69, 9.17) is 0 Å². The van der Waals surface area contributed by atoms with Crippen LogP contribution in [0.3, 0.4) is 0 Å². The molecule has 0 aliphatic heterocycles. The smallest absolute Gasteiger partial charge is 0.305 e. The van der Waals surface area contributed by atoms with Crippen LogP contribution in [0.2, 0.25) is 0 Å². The van der Waals surface area contributed by atoms with E-state index in [-0.39, 0.29) is 24.2 Å². The highest BCUT2D eigenvalue weighted by atomic mass is 16.5. The topological polar surface area (TPSA) is 81.8 Å². The average molecular weight is 364 g/mol. The van der Waals surface area contributed by atoms with Crippen LogP contribution in [0.15, 0.2) is 6.07 Å². The Morgan fingerprint density at radius 3 is 2.58 bits per heavy atom. The van der Waals surface area contributed by atoms with Crippen LogP contribution in [0.1, 0.15) is 47.4 Å². The Balaban J connectivity index is 1.90. The van der Waals surface area contributed by atoms with Crippen molar-refractivity contribution in [1.82, 2.24) is 9.88 Å². The summed E-state index contributed by atoms with van der Waals surface area (Å²) in [6, 6.07) is 2.24. The molecule has 2 rings (SSSR count). The van der Waals surface area contributed by atoms with Crippen molar-refractivity contribution in [3.05, 3.63) is 23.0 Å². The molecule has 2 N–H and O–H groups in total. The van der Waals surface area contributed by atoms with Crippen molar-refractivity contribution >= 4 is 17.7 Å². The summed E-state index contributed by atoms with van der Waals surface area (Å²) < 4.78 is 6.72. The first-order valence-corrected chi connectivity index (χ1v) is 9.19. The number of nitrogens with zero attached hydrogens (tertiary/aromatic N) is 1. The second-order valence-corrected chi connectivity index (χ2v) is 7.19. The third-order valence-electron chi connectivity index (χ3n) is 4.73. The highest BCUT2D eigenvalue weighted by Crippen LogP contribution is 2.18. The fourth-order valence-electron chi connectivity index (χ4n) is 3.12. The van der Waals surface area contributed by atoms with Crippen molar-refractivity contribution in [1.29, 1.82) is 0 Å². The number of hydrogen-bond donors (Lipinski definition) is 2. The van der Waals surface area contributed by atoms with Gasteiger partial charge in [-0.3, -0.25) is 14.4 Å². The van der Waals surface area contributed by atoms with Gasteiger partial charge in [0.25, 0.3) is 5.91 Å². The molecule has 7 heteroatoms. The minimum atomic E-state index is -0.224. The number of methoxy groups -OCH3 is 1. The Hall–Kier alpha value is -2.15. The fraction of sp³-hybridized carbons (Fsp3) is 0.632. The molecule has 1 aliphatic carbocycles. The van der Waals surface area contributed by atoms with E-state index >= 15 is 0 Å². The molecule has 1 fully saturated rings. The summed E-state index contributed by atoms with van der Waals surface area (Å²) in [4.78, 5) is 36.6. The molecule has 0 radical (unpaired) electrons. The largest absolute Gasteiger partial charge is 0.469 e. The molecule has 0 spiro atoms. The van der Waals surface area contributed by atoms with E-state index in [1.54, 1.807) is 0 Å². The predicted octanol–water partition coefficient (Wildman–Crippen LogP) is 0.0341. The Kier molecular flexibility index (Phi) is 6.97. The number of nitrogens with one attached hydrogen (secondary N) is 2. The molecule has 1 unspecified atom stereocenters. The van der Waals surface area contributed by atoms with E-state index < -0.39 is 0 Å². The van der Waals surface area contributed by atoms with E-state index in [9.17, 15) is 14.4 Å². The molecular weight excluding hydrogens is 334 g/mol. The Bertz CT molecular complexity index is 677. The number of rotatable bonds is 10. The number of ketones is 1. The maximum atomic E-state index is 12.6. The zero-order valence-electron chi connectivity index (χ0n) is 16.2. The minimum absolute atomic E-state index is 0.00563. The first-order valence-electron chi connectivity index (χ1n) is 9.19. The van der Waals surface area contributed by atoms with E-state index in [1.165, 1.54) is 7.11 Å². The van der Waals surface area contributed by atoms with Crippen molar-refractivity contribution in [2.24, 2.45) is 0 Å². The number of carbonyl (C=O) groups excluding carboxylic acids is 3. The zero-order chi connectivity index (χ0) is 19.3. The maximum absolute atomic E-state index is 12.6. The van der Waals surface area contributed by atoms with Gasteiger partial charge in [0.15, 0.2) is 6.54 Å². The summed E-state index contributed by atoms with van der Waals surface area (Å²) in [5.74, 6) is -0.182. The van der Waals surface area contributed by atoms with Crippen LogP contribution in [0, 0.1) is 13.8 Å². The van der Waals surface area contributed by atoms with Crippen LogP contribution < -0.4 is 10.2 Å². The number of aryl methyl sites for hydroxylation is 1. The lowest BCUT2D eigenvalue weighted by molar-refractivity contribution is -0.862. The van der Waals surface area contributed by atoms with Crippen LogP contribution in [0.5, 0.6) is 0 Å². The van der Waals surface area contributed by atoms with E-state index in [1.807, 2.05) is 27.0 Å². The van der Waals surface area contributed by atoms with Gasteiger partial charge in [0, 0.05) is 36.0 Å². The lowest BCUT2D eigenvalue weighted by Crippen LogP contribution is -3.11. The third-order valence-corrected chi connectivity index (χ3v) is 4.73. The summed E-state index contributed by atoms with van der Waals surface area (Å²) in [6.45, 7) is 5.15. The Morgan fingerprint density at radius 2 is 1.96 bits per heavy atom. The van der Waals surface area contributed by atoms with Gasteiger partial charge in [-0.05, 0) is 39.2 Å². The monoisotopic (exact) mass is 364 g/mol. The first-order chi connectivity index (χ1) is 12.3. The van der Waals surface area contributed by atoms with Crippen molar-refractivity contribution in [3.63, 3.8) is 0 Å². The number of ether oxygens (including phenoxy) is 1. The highest BCUT2D eigenvalue weighted by molar-refractivity contribution is 5.98. The zero-order valence-corrected chi connectivity index (χ0v) is 16.2. The molecule has 26 heavy (non-hydrogen) atoms. The molecule has 144 valence electrons. The Morgan fingerprint density at radius 1 is 1.27 bits per heavy atom. The SMILES string of the molecule is COC(=O)CCCn1c(C)cc(C(=O)C[NH+](C)CC(=O)NC2CC2)c1C. The van der Waals surface area contributed by atoms with Gasteiger partial charge in [0.1, 0.15) is 6.54 Å². The standard InChI is InChI=1S/C19H29N3O4/c1-13-10-16(14(2)22(13)9-5-6-19(25)26-4)17(23)11-21(3)12-18(24)20-15-7-8-15/h10,15H,5-9,11-12H2,1-4H3,(H,20,24)/p+1. The summed E-state index contributed by atoms with van der Waals surface area (Å²) in [5, 5.41) is 2.95. The molecule has 1 aromatic heterocycles. The predicted molar refractivity (Wildman–Crippen MR) is 97.3 cm³/mol. The van der Waals surface area contributed by atoms with Crippen LogP contribution >= 0.6 is 0 Å². The summed E-state index contributed by atoms with van der Waals surface area (Å²) in [7, 11) is 3.24. The highest BCUT2D eigenvalue weighted by Gasteiger charge is 2.25. The van der Waals surface area contributed by atoms with Crippen molar-refractivity contribution in [2.75, 3.05) is 27.2 Å². The first kappa shape index (κ1) is 20.2. The number of aromatic nitrogens is 1. The molecule has 1 heterocycles. The molecule has 1 aromatic rings. The Labute approximate surface area is 154 Å². The molecular formula is C19H30N3O4+. The normalized spacial score (nSPS) is 14.8. The molecule has 0 bridgehead atoms. The summed E-state index contributed by atoms with van der Waals surface area (Å²) in [6.07, 6.45) is 3.15. The number of carbonyl (C=O) groups is 3. The number of amides is 1. The number of esters is 1. The summed E-state index contributed by atoms with van der Waals surface area (Å²) in [5.41, 5.74) is 2.61. The van der Waals surface area contributed by atoms with Crippen molar-refractivity contribution in [3.8, 4) is 0 Å². The lowest BCUT2D eigenvalue weighted by atomic mass is 10.1. The van der Waals surface area contributed by atoms with Gasteiger partial charge in [-0.2, -0.15) is 0 Å². The third kappa shape index (κ3) is 5.69. The van der Waals surface area contributed by atoms with Gasteiger partial charge in [-0.25, -0.2) is 0 Å². The maximum Gasteiger partial charge on any atom is 0.305 e. The van der Waals surface area contributed by atoms with Crippen LogP contribution in [0.4, 0.5) is 0 Å². The van der Waals surface area contributed by atoms with E-state index in [2.05, 4.69) is 14.6 Å². The van der Waals surface area contributed by atoms with Crippen LogP contribution in [-0.2, 0) is 20.9 Å². The molecule has 1 aliphatic rings. The van der Waals surface area contributed by atoms with Gasteiger partial charge in [-0.1, -0.05) is 0 Å². The number of quaternary nitrogens is 1. The van der Waals surface area contributed by atoms with Gasteiger partial charge in [0.05, 0.1) is 14.2 Å². The number of Topliss-reactive ketones (excluding diaryl/α,β-unsaturated/α-hetero) is 1. The van der Waals surface area contributed by atoms with Crippen molar-refractivity contribution < 1.29 is 24.0 Å². The van der Waals surface area contributed by atoms with Crippen LogP contribution in [0.25, 0.3) is 0 Å². The second kappa shape index (κ2) is 8.98. The average Bonchev–Trinajstić information content (AvgIpc) is 3.33. The number of hydrogen-bond acceptors (Lipinski definition) is 4. The molecule has 1 amide bonds. The molecule has 1 atom stereocenters. The van der Waals surface area contributed by atoms with Gasteiger partial charge in [0.2, 0.25) is 5.78 Å². The fourth-order valence-corrected chi connectivity index (χ4v) is 3.12. The van der Waals surface area contributed by atoms with Gasteiger partial charge >= 0.3 is 5.97 Å². The number of likely N-dealkylation sites (N-methyl/N-ethyl adjacent to an activating group) is 1. The lowest BCUT2D eigenvalue weighted by Gasteiger charge is -2.13. The molecule has 0 aromatic carbocycles. The molecule has 1 saturated carbocycles. The minimum Gasteiger partial charge on any atom is -0.469 e. The van der Waals surface area contributed by atoms with Gasteiger partial charge < -0.3 is 19.5 Å². The van der Waals surface area contributed by atoms with E-state index in [0.717, 1.165) is 29.1 Å². The van der Waals surface area contributed by atoms with Crippen molar-refractivity contribution in [2.45, 2.75) is 52.1 Å². The quantitative estimate of drug-likeness (QED) is 0.454. The van der Waals surface area contributed by atoms with Gasteiger partial charge in [-0.15, -0.1) is 0 Å². The second-order valence-electron chi connectivity index (χ2n) is 7.19. The molecule has 7 nitrogen and oxygen atoms in total.